The maximum Gasteiger partial charge on any atom is 0.300 e. The maximum atomic E-state index is 9.00. The van der Waals surface area contributed by atoms with Gasteiger partial charge in [0.1, 0.15) is 12.5 Å². The molecule has 0 heterocycles. The number of rotatable bonds is 4. The summed E-state index contributed by atoms with van der Waals surface area (Å²) in [5.41, 5.74) is 0. The van der Waals surface area contributed by atoms with Crippen LogP contribution < -0.4 is 5.32 Å². The Bertz CT molecular complexity index is 117. The van der Waals surface area contributed by atoms with Crippen molar-refractivity contribution in [1.82, 2.24) is 5.32 Å². The van der Waals surface area contributed by atoms with Crippen molar-refractivity contribution in [1.29, 1.82) is 0 Å². The van der Waals surface area contributed by atoms with Gasteiger partial charge in [0.05, 0.1) is 0 Å². The number of carbonyl (C=O) groups is 1. The molecule has 0 rings (SSSR count). The summed E-state index contributed by atoms with van der Waals surface area (Å²) in [5.74, 6) is -0.833. The molecule has 5 heteroatoms. The highest BCUT2D eigenvalue weighted by molar-refractivity contribution is 5.62. The van der Waals surface area contributed by atoms with Crippen molar-refractivity contribution in [2.75, 3.05) is 14.2 Å². The summed E-state index contributed by atoms with van der Waals surface area (Å²) in [7, 11) is 3.31. The Kier molecular flexibility index (Phi) is 10.8. The zero-order valence-corrected chi connectivity index (χ0v) is 8.83. The number of carboxylic acid groups (broad SMARTS) is 1. The van der Waals surface area contributed by atoms with E-state index in [1.807, 2.05) is 13.8 Å². The minimum absolute atomic E-state index is 0.0555. The summed E-state index contributed by atoms with van der Waals surface area (Å²) < 4.78 is 9.86. The Labute approximate surface area is 79.0 Å². The van der Waals surface area contributed by atoms with E-state index in [9.17, 15) is 0 Å². The van der Waals surface area contributed by atoms with E-state index in [2.05, 4.69) is 5.32 Å². The van der Waals surface area contributed by atoms with E-state index in [1.165, 1.54) is 0 Å². The van der Waals surface area contributed by atoms with Gasteiger partial charge >= 0.3 is 0 Å². The second-order valence-electron chi connectivity index (χ2n) is 2.44. The molecule has 2 N–H and O–H groups in total. The summed E-state index contributed by atoms with van der Waals surface area (Å²) in [6.45, 7) is 4.94. The van der Waals surface area contributed by atoms with Crippen LogP contribution in [-0.4, -0.2) is 37.8 Å². The summed E-state index contributed by atoms with van der Waals surface area (Å²) in [5, 5.41) is 10.5. The lowest BCUT2D eigenvalue weighted by atomic mass is 10.5. The Morgan fingerprint density at radius 2 is 1.46 bits per heavy atom. The molecule has 0 radical (unpaired) electrons. The van der Waals surface area contributed by atoms with Crippen LogP contribution in [0.3, 0.4) is 0 Å². The smallest absolute Gasteiger partial charge is 0.300 e. The van der Waals surface area contributed by atoms with Crippen LogP contribution in [0.15, 0.2) is 0 Å². The van der Waals surface area contributed by atoms with Gasteiger partial charge in [-0.2, -0.15) is 0 Å². The van der Waals surface area contributed by atoms with Crippen LogP contribution >= 0.6 is 0 Å². The van der Waals surface area contributed by atoms with Crippen molar-refractivity contribution in [3.63, 3.8) is 0 Å². The number of methoxy groups -OCH3 is 2. The predicted molar refractivity (Wildman–Crippen MR) is 49.4 cm³/mol. The predicted octanol–water partition coefficient (Wildman–Crippen LogP) is 0.652. The Morgan fingerprint density at radius 3 is 1.62 bits per heavy atom. The quantitative estimate of drug-likeness (QED) is 0.642. The summed E-state index contributed by atoms with van der Waals surface area (Å²) in [6.07, 6.45) is 0.111. The lowest BCUT2D eigenvalue weighted by Crippen LogP contribution is -2.36. The molecule has 0 aromatic carbocycles. The van der Waals surface area contributed by atoms with Crippen molar-refractivity contribution < 1.29 is 19.4 Å². The van der Waals surface area contributed by atoms with Crippen molar-refractivity contribution in [3.05, 3.63) is 0 Å². The van der Waals surface area contributed by atoms with Gasteiger partial charge in [0, 0.05) is 21.1 Å². The number of ether oxygens (including phenoxy) is 2. The minimum atomic E-state index is -0.833. The Hall–Kier alpha value is -0.650. The molecule has 80 valence electrons. The van der Waals surface area contributed by atoms with Crippen LogP contribution in [0.2, 0.25) is 0 Å². The topological polar surface area (TPSA) is 67.8 Å². The van der Waals surface area contributed by atoms with Gasteiger partial charge in [-0.3, -0.25) is 10.1 Å². The third kappa shape index (κ3) is 18.4. The normalized spacial score (nSPS) is 13.9. The molecule has 0 aliphatic heterocycles. The SMILES string of the molecule is CC(=O)O.COC(C)NC(C)OC. The van der Waals surface area contributed by atoms with Crippen LogP contribution in [0.1, 0.15) is 20.8 Å². The molecule has 0 fully saturated rings. The number of aliphatic carboxylic acids is 1. The van der Waals surface area contributed by atoms with E-state index in [4.69, 9.17) is 19.4 Å². The van der Waals surface area contributed by atoms with Crippen LogP contribution in [0.5, 0.6) is 0 Å². The second kappa shape index (κ2) is 9.44. The lowest BCUT2D eigenvalue weighted by Gasteiger charge is -2.16. The van der Waals surface area contributed by atoms with Crippen LogP contribution in [0.4, 0.5) is 0 Å². The van der Waals surface area contributed by atoms with Gasteiger partial charge in [0.2, 0.25) is 0 Å². The Balaban J connectivity index is 0. The van der Waals surface area contributed by atoms with Gasteiger partial charge < -0.3 is 14.6 Å². The molecule has 0 aromatic rings. The molecule has 0 amide bonds. The molecule has 0 saturated carbocycles. The molecule has 2 unspecified atom stereocenters. The number of hydrogen-bond donors (Lipinski definition) is 2. The van der Waals surface area contributed by atoms with Gasteiger partial charge in [0.25, 0.3) is 5.97 Å². The van der Waals surface area contributed by atoms with Crippen LogP contribution in [0.25, 0.3) is 0 Å². The average molecular weight is 193 g/mol. The fraction of sp³-hybridized carbons (Fsp3) is 0.875. The summed E-state index contributed by atoms with van der Waals surface area (Å²) >= 11 is 0. The van der Waals surface area contributed by atoms with Crippen LogP contribution in [0, 0.1) is 0 Å². The van der Waals surface area contributed by atoms with Gasteiger partial charge in [-0.25, -0.2) is 0 Å². The molecule has 0 aliphatic rings. The van der Waals surface area contributed by atoms with E-state index in [0.29, 0.717) is 0 Å². The number of hydrogen-bond acceptors (Lipinski definition) is 4. The van der Waals surface area contributed by atoms with E-state index >= 15 is 0 Å². The summed E-state index contributed by atoms with van der Waals surface area (Å²) in [4.78, 5) is 9.00. The van der Waals surface area contributed by atoms with E-state index in [-0.39, 0.29) is 12.5 Å². The second-order valence-corrected chi connectivity index (χ2v) is 2.44. The van der Waals surface area contributed by atoms with Gasteiger partial charge in [0.15, 0.2) is 0 Å². The minimum Gasteiger partial charge on any atom is -0.481 e. The van der Waals surface area contributed by atoms with E-state index in [0.717, 1.165) is 6.92 Å². The standard InChI is InChI=1S/C6H15NO2.C2H4O2/c1-5(8-3)7-6(2)9-4;1-2(3)4/h5-7H,1-4H3;1H3,(H,3,4). The molecule has 0 aromatic heterocycles. The van der Waals surface area contributed by atoms with Crippen LogP contribution in [-0.2, 0) is 14.3 Å². The lowest BCUT2D eigenvalue weighted by molar-refractivity contribution is -0.134. The monoisotopic (exact) mass is 193 g/mol. The van der Waals surface area contributed by atoms with Crippen molar-refractivity contribution >= 4 is 5.97 Å². The van der Waals surface area contributed by atoms with Crippen molar-refractivity contribution in [2.24, 2.45) is 0 Å². The Morgan fingerprint density at radius 1 is 1.23 bits per heavy atom. The third-order valence-corrected chi connectivity index (χ3v) is 1.18. The largest absolute Gasteiger partial charge is 0.481 e. The molecular formula is C8H19NO4. The third-order valence-electron chi connectivity index (χ3n) is 1.18. The molecule has 13 heavy (non-hydrogen) atoms. The highest BCUT2D eigenvalue weighted by Gasteiger charge is 2.01. The van der Waals surface area contributed by atoms with Gasteiger partial charge in [-0.05, 0) is 13.8 Å². The molecule has 0 aliphatic carbocycles. The maximum absolute atomic E-state index is 9.00. The first kappa shape index (κ1) is 14.9. The fourth-order valence-electron chi connectivity index (χ4n) is 0.467. The summed E-state index contributed by atoms with van der Waals surface area (Å²) in [6, 6.07) is 0. The van der Waals surface area contributed by atoms with Crippen molar-refractivity contribution in [3.8, 4) is 0 Å². The number of nitrogens with one attached hydrogen (secondary N) is 1. The molecular weight excluding hydrogens is 174 g/mol. The zero-order chi connectivity index (χ0) is 10.9. The zero-order valence-electron chi connectivity index (χ0n) is 8.83. The molecule has 0 bridgehead atoms. The average Bonchev–Trinajstić information content (AvgIpc) is 2.03. The van der Waals surface area contributed by atoms with E-state index in [1.54, 1.807) is 14.2 Å². The molecule has 0 spiro atoms. The highest BCUT2D eigenvalue weighted by atomic mass is 16.5. The first-order valence-electron chi connectivity index (χ1n) is 3.95. The first-order chi connectivity index (χ1) is 5.93. The van der Waals surface area contributed by atoms with E-state index < -0.39 is 5.97 Å². The molecule has 2 atom stereocenters. The van der Waals surface area contributed by atoms with Crippen molar-refractivity contribution in [2.45, 2.75) is 33.2 Å². The molecule has 0 saturated heterocycles. The van der Waals surface area contributed by atoms with Gasteiger partial charge in [-0.15, -0.1) is 0 Å². The fourth-order valence-corrected chi connectivity index (χ4v) is 0.467. The van der Waals surface area contributed by atoms with Gasteiger partial charge in [-0.1, -0.05) is 0 Å². The molecule has 5 nitrogen and oxygen atoms in total. The first-order valence-corrected chi connectivity index (χ1v) is 3.95. The highest BCUT2D eigenvalue weighted by Crippen LogP contribution is 1.86. The number of carboxylic acids is 1.